The van der Waals surface area contributed by atoms with Gasteiger partial charge in [-0.3, -0.25) is 4.90 Å². The summed E-state index contributed by atoms with van der Waals surface area (Å²) in [5.41, 5.74) is 2.25. The predicted octanol–water partition coefficient (Wildman–Crippen LogP) is 5.81. The number of aromatic nitrogens is 1. The molecule has 1 saturated heterocycles. The molecule has 2 heterocycles. The third-order valence-corrected chi connectivity index (χ3v) is 7.39. The van der Waals surface area contributed by atoms with Crippen molar-refractivity contribution in [3.63, 3.8) is 0 Å². The molecule has 162 valence electrons. The van der Waals surface area contributed by atoms with E-state index in [9.17, 15) is 14.3 Å². The molecule has 3 aromatic rings. The van der Waals surface area contributed by atoms with E-state index in [2.05, 4.69) is 28.1 Å². The molecular formula is C23H24FN3O2S2. The highest BCUT2D eigenvalue weighted by molar-refractivity contribution is 8.01. The highest BCUT2D eigenvalue weighted by Gasteiger charge is 2.19. The molecule has 1 amide bonds. The Hall–Kier alpha value is -2.42. The van der Waals surface area contributed by atoms with Crippen LogP contribution in [0.5, 0.6) is 0 Å². The molecular weight excluding hydrogens is 433 g/mol. The zero-order valence-corrected chi connectivity index (χ0v) is 18.9. The molecule has 31 heavy (non-hydrogen) atoms. The number of carboxylic acid groups (broad SMARTS) is 1. The van der Waals surface area contributed by atoms with E-state index in [1.54, 1.807) is 30.0 Å². The van der Waals surface area contributed by atoms with E-state index in [0.717, 1.165) is 28.7 Å². The van der Waals surface area contributed by atoms with Gasteiger partial charge in [0.15, 0.2) is 0 Å². The van der Waals surface area contributed by atoms with E-state index in [1.807, 2.05) is 6.07 Å². The summed E-state index contributed by atoms with van der Waals surface area (Å²) in [6.45, 7) is 3.39. The Bertz CT molecular complexity index is 1070. The second-order valence-electron chi connectivity index (χ2n) is 7.59. The lowest BCUT2D eigenvalue weighted by Gasteiger charge is -2.15. The largest absolute Gasteiger partial charge is 0.465 e. The summed E-state index contributed by atoms with van der Waals surface area (Å²) in [7, 11) is 1.50. The van der Waals surface area contributed by atoms with Gasteiger partial charge in [0.25, 0.3) is 0 Å². The van der Waals surface area contributed by atoms with Crippen molar-refractivity contribution in [2.45, 2.75) is 35.0 Å². The summed E-state index contributed by atoms with van der Waals surface area (Å²) >= 11 is 2.96. The number of rotatable bonds is 7. The molecule has 8 heteroatoms. The number of hydrogen-bond acceptors (Lipinski definition) is 5. The molecule has 4 rings (SSSR count). The molecule has 1 aliphatic rings. The number of amides is 1. The molecule has 0 unspecified atom stereocenters. The van der Waals surface area contributed by atoms with Crippen LogP contribution in [0, 0.1) is 5.82 Å². The lowest BCUT2D eigenvalue weighted by Crippen LogP contribution is -2.23. The predicted molar refractivity (Wildman–Crippen MR) is 122 cm³/mol. The molecule has 1 aromatic heterocycles. The van der Waals surface area contributed by atoms with Gasteiger partial charge in [-0.1, -0.05) is 36.0 Å². The number of halogens is 1. The number of nitrogens with zero attached hydrogens (tertiary/aromatic N) is 3. The van der Waals surface area contributed by atoms with Crippen LogP contribution in [0.3, 0.4) is 0 Å². The topological polar surface area (TPSA) is 56.7 Å². The first-order chi connectivity index (χ1) is 15.0. The lowest BCUT2D eigenvalue weighted by atomic mass is 10.1. The van der Waals surface area contributed by atoms with E-state index < -0.39 is 6.09 Å². The van der Waals surface area contributed by atoms with Crippen LogP contribution < -0.4 is 0 Å². The Labute approximate surface area is 189 Å². The average molecular weight is 458 g/mol. The molecule has 1 aliphatic heterocycles. The normalized spacial score (nSPS) is 14.1. The Morgan fingerprint density at radius 2 is 2.00 bits per heavy atom. The quantitative estimate of drug-likeness (QED) is 0.485. The third-order valence-electron chi connectivity index (χ3n) is 5.18. The minimum atomic E-state index is -1.02. The first-order valence-corrected chi connectivity index (χ1v) is 11.8. The maximum Gasteiger partial charge on any atom is 0.407 e. The van der Waals surface area contributed by atoms with Gasteiger partial charge in [-0.05, 0) is 55.8 Å². The van der Waals surface area contributed by atoms with Crippen molar-refractivity contribution < 1.29 is 14.3 Å². The average Bonchev–Trinajstić information content (AvgIpc) is 3.38. The van der Waals surface area contributed by atoms with E-state index in [0.29, 0.717) is 16.3 Å². The van der Waals surface area contributed by atoms with Gasteiger partial charge in [0.05, 0.1) is 16.4 Å². The molecule has 0 saturated carbocycles. The smallest absolute Gasteiger partial charge is 0.407 e. The summed E-state index contributed by atoms with van der Waals surface area (Å²) in [6, 6.07) is 15.0. The molecule has 0 bridgehead atoms. The summed E-state index contributed by atoms with van der Waals surface area (Å²) in [5.74, 6) is -0.337. The van der Waals surface area contributed by atoms with Gasteiger partial charge < -0.3 is 10.0 Å². The lowest BCUT2D eigenvalue weighted by molar-refractivity contribution is 0.153. The van der Waals surface area contributed by atoms with Gasteiger partial charge in [-0.25, -0.2) is 14.2 Å². The fourth-order valence-corrected chi connectivity index (χ4v) is 6.02. The molecule has 0 spiro atoms. The molecule has 5 nitrogen and oxygen atoms in total. The second-order valence-corrected chi connectivity index (χ2v) is 10.0. The first kappa shape index (κ1) is 21.8. The molecule has 0 aliphatic carbocycles. The van der Waals surface area contributed by atoms with E-state index in [-0.39, 0.29) is 12.4 Å². The third kappa shape index (κ3) is 5.44. The van der Waals surface area contributed by atoms with Crippen LogP contribution in [0.2, 0.25) is 0 Å². The SMILES string of the molecule is CN(Cc1nc(-c2ccccc2F)c(Sc2cccc(CN3CCCC3)c2)s1)C(=O)O. The van der Waals surface area contributed by atoms with Crippen molar-refractivity contribution in [3.05, 3.63) is 64.9 Å². The summed E-state index contributed by atoms with van der Waals surface area (Å²) in [5, 5.41) is 9.83. The van der Waals surface area contributed by atoms with Crippen molar-refractivity contribution in [2.75, 3.05) is 20.1 Å². The van der Waals surface area contributed by atoms with Crippen molar-refractivity contribution in [1.82, 2.24) is 14.8 Å². The summed E-state index contributed by atoms with van der Waals surface area (Å²) < 4.78 is 15.4. The van der Waals surface area contributed by atoms with Crippen LogP contribution in [0.4, 0.5) is 9.18 Å². The first-order valence-electron chi connectivity index (χ1n) is 10.2. The van der Waals surface area contributed by atoms with Crippen molar-refractivity contribution in [2.24, 2.45) is 0 Å². The number of hydrogen-bond donors (Lipinski definition) is 1. The van der Waals surface area contributed by atoms with Gasteiger partial charge in [0, 0.05) is 24.1 Å². The van der Waals surface area contributed by atoms with Crippen molar-refractivity contribution >= 4 is 29.2 Å². The van der Waals surface area contributed by atoms with Crippen molar-refractivity contribution in [3.8, 4) is 11.3 Å². The Morgan fingerprint density at radius 1 is 1.23 bits per heavy atom. The zero-order valence-electron chi connectivity index (χ0n) is 17.3. The van der Waals surface area contributed by atoms with E-state index in [4.69, 9.17) is 0 Å². The van der Waals surface area contributed by atoms with Crippen molar-refractivity contribution in [1.29, 1.82) is 0 Å². The second kappa shape index (κ2) is 9.80. The number of carbonyl (C=O) groups is 1. The molecule has 2 aromatic carbocycles. The zero-order chi connectivity index (χ0) is 21.8. The fourth-order valence-electron chi connectivity index (χ4n) is 3.59. The maximum atomic E-state index is 14.5. The summed E-state index contributed by atoms with van der Waals surface area (Å²) in [4.78, 5) is 20.5. The van der Waals surface area contributed by atoms with Crippen LogP contribution in [0.1, 0.15) is 23.4 Å². The molecule has 1 N–H and O–H groups in total. The van der Waals surface area contributed by atoms with Gasteiger partial charge in [-0.2, -0.15) is 0 Å². The van der Waals surface area contributed by atoms with Gasteiger partial charge in [0.1, 0.15) is 10.8 Å². The van der Waals surface area contributed by atoms with Gasteiger partial charge >= 0.3 is 6.09 Å². The van der Waals surface area contributed by atoms with Crippen LogP contribution in [-0.4, -0.2) is 46.1 Å². The monoisotopic (exact) mass is 457 g/mol. The Morgan fingerprint density at radius 3 is 2.74 bits per heavy atom. The van der Waals surface area contributed by atoms with Gasteiger partial charge in [-0.15, -0.1) is 11.3 Å². The van der Waals surface area contributed by atoms with Crippen LogP contribution in [0.15, 0.2) is 57.6 Å². The van der Waals surface area contributed by atoms with E-state index in [1.165, 1.54) is 47.8 Å². The number of likely N-dealkylation sites (tertiary alicyclic amines) is 1. The number of benzene rings is 2. The molecule has 0 radical (unpaired) electrons. The standard InChI is InChI=1S/C23H24FN3O2S2/c1-26(23(28)29)15-20-25-21(18-9-2-3-10-19(18)24)22(31-20)30-17-8-6-7-16(13-17)14-27-11-4-5-12-27/h2-3,6-10,13H,4-5,11-12,14-15H2,1H3,(H,28,29). The Balaban J connectivity index is 1.62. The maximum absolute atomic E-state index is 14.5. The van der Waals surface area contributed by atoms with Crippen LogP contribution in [-0.2, 0) is 13.1 Å². The van der Waals surface area contributed by atoms with Crippen LogP contribution >= 0.6 is 23.1 Å². The molecule has 0 atom stereocenters. The van der Waals surface area contributed by atoms with Gasteiger partial charge in [0.2, 0.25) is 0 Å². The highest BCUT2D eigenvalue weighted by Crippen LogP contribution is 2.41. The highest BCUT2D eigenvalue weighted by atomic mass is 32.2. The number of thiazole rings is 1. The van der Waals surface area contributed by atoms with Crippen LogP contribution in [0.25, 0.3) is 11.3 Å². The fraction of sp³-hybridized carbons (Fsp3) is 0.304. The minimum Gasteiger partial charge on any atom is -0.465 e. The Kier molecular flexibility index (Phi) is 6.89. The molecule has 1 fully saturated rings. The minimum absolute atomic E-state index is 0.164. The summed E-state index contributed by atoms with van der Waals surface area (Å²) in [6.07, 6.45) is 1.50. The van der Waals surface area contributed by atoms with E-state index >= 15 is 0 Å².